The molecule has 0 spiro atoms. The van der Waals surface area contributed by atoms with Gasteiger partial charge in [-0.05, 0) is 43.9 Å². The van der Waals surface area contributed by atoms with E-state index >= 15 is 0 Å². The van der Waals surface area contributed by atoms with Gasteiger partial charge in [-0.3, -0.25) is 14.5 Å². The summed E-state index contributed by atoms with van der Waals surface area (Å²) in [6.07, 6.45) is 2.93. The van der Waals surface area contributed by atoms with Gasteiger partial charge in [0.2, 0.25) is 5.91 Å². The van der Waals surface area contributed by atoms with Crippen LogP contribution in [0, 0.1) is 11.8 Å². The van der Waals surface area contributed by atoms with Gasteiger partial charge in [-0.25, -0.2) is 4.98 Å². The highest BCUT2D eigenvalue weighted by atomic mass is 35.5. The maximum Gasteiger partial charge on any atom is 0.269 e. The molecule has 3 aliphatic heterocycles. The zero-order chi connectivity index (χ0) is 22.0. The Kier molecular flexibility index (Phi) is 6.99. The first-order chi connectivity index (χ1) is 15.0. The quantitative estimate of drug-likeness (QED) is 0.585. The van der Waals surface area contributed by atoms with Gasteiger partial charge in [-0.1, -0.05) is 18.5 Å². The highest BCUT2D eigenvalue weighted by Gasteiger charge is 2.39. The maximum absolute atomic E-state index is 12.3. The normalized spacial score (nSPS) is 29.3. The van der Waals surface area contributed by atoms with Gasteiger partial charge in [-0.15, -0.1) is 0 Å². The Labute approximate surface area is 189 Å². The number of carbonyl (C=O) groups is 2. The minimum atomic E-state index is -0.235. The Morgan fingerprint density at radius 2 is 2.00 bits per heavy atom. The molecule has 0 saturated carbocycles. The van der Waals surface area contributed by atoms with Crippen molar-refractivity contribution in [3.05, 3.63) is 23.0 Å². The van der Waals surface area contributed by atoms with Crippen molar-refractivity contribution in [2.45, 2.75) is 38.3 Å². The third-order valence-electron chi connectivity index (χ3n) is 6.99. The summed E-state index contributed by atoms with van der Waals surface area (Å²) in [6.45, 7) is 7.83. The summed E-state index contributed by atoms with van der Waals surface area (Å²) in [5, 5.41) is 9.90. The summed E-state index contributed by atoms with van der Waals surface area (Å²) in [5.41, 5.74) is 1.21. The van der Waals surface area contributed by atoms with Gasteiger partial charge in [0.25, 0.3) is 5.91 Å². The molecule has 0 aliphatic carbocycles. The number of rotatable bonds is 5. The fraction of sp³-hybridized carbons (Fsp3) is 0.682. The first-order valence-electron chi connectivity index (χ1n) is 11.4. The van der Waals surface area contributed by atoms with E-state index < -0.39 is 0 Å². The molecule has 170 valence electrons. The predicted octanol–water partition coefficient (Wildman–Crippen LogP) is 1.11. The molecule has 4 rings (SSSR count). The lowest BCUT2D eigenvalue weighted by atomic mass is 9.80. The summed E-state index contributed by atoms with van der Waals surface area (Å²) in [5.74, 6) is 0.696. The zero-order valence-electron chi connectivity index (χ0n) is 18.4. The van der Waals surface area contributed by atoms with E-state index in [-0.39, 0.29) is 23.8 Å². The van der Waals surface area contributed by atoms with Crippen LogP contribution in [0.15, 0.2) is 12.1 Å². The average Bonchev–Trinajstić information content (AvgIpc) is 2.78. The van der Waals surface area contributed by atoms with Crippen LogP contribution < -0.4 is 20.9 Å². The number of fused-ring (bicyclic) bond motifs is 1. The van der Waals surface area contributed by atoms with Gasteiger partial charge in [0.05, 0.1) is 5.69 Å². The number of aromatic nitrogens is 1. The molecule has 4 atom stereocenters. The van der Waals surface area contributed by atoms with Crippen molar-refractivity contribution < 1.29 is 9.59 Å². The Morgan fingerprint density at radius 1 is 1.23 bits per heavy atom. The van der Waals surface area contributed by atoms with Crippen LogP contribution in [0.1, 0.15) is 36.7 Å². The van der Waals surface area contributed by atoms with E-state index in [0.29, 0.717) is 22.8 Å². The van der Waals surface area contributed by atoms with Crippen molar-refractivity contribution in [2.24, 2.45) is 11.8 Å². The van der Waals surface area contributed by atoms with Crippen molar-refractivity contribution in [1.82, 2.24) is 25.8 Å². The van der Waals surface area contributed by atoms with Crippen LogP contribution in [0.25, 0.3) is 0 Å². The molecule has 0 radical (unpaired) electrons. The molecule has 3 N–H and O–H groups in total. The van der Waals surface area contributed by atoms with Crippen LogP contribution in [0.4, 0.5) is 5.69 Å². The lowest BCUT2D eigenvalue weighted by Crippen LogP contribution is -2.62. The largest absolute Gasteiger partial charge is 0.366 e. The number of carbonyl (C=O) groups excluding carboxylic acids is 2. The summed E-state index contributed by atoms with van der Waals surface area (Å²) in [7, 11) is 1.58. The standard InChI is InChI=1S/C22H33ClN6O2/c1-3-15-11-17-18(27-21(15)30)10-14(12-25-17)13-28-6-8-29(9-7-28)19-5-4-16(22(31)24-2)26-20(19)23/h4-5,14-15,17-18,25H,3,6-13H2,1-2H3,(H,24,31)(H,27,30). The molecule has 9 heteroatoms. The molecular formula is C22H33ClN6O2. The maximum atomic E-state index is 12.3. The number of amides is 2. The Morgan fingerprint density at radius 3 is 2.68 bits per heavy atom. The molecule has 31 heavy (non-hydrogen) atoms. The first kappa shape index (κ1) is 22.3. The van der Waals surface area contributed by atoms with Crippen LogP contribution in [0.5, 0.6) is 0 Å². The topological polar surface area (TPSA) is 89.6 Å². The fourth-order valence-electron chi connectivity index (χ4n) is 5.13. The molecule has 3 fully saturated rings. The van der Waals surface area contributed by atoms with Gasteiger partial charge < -0.3 is 20.9 Å². The van der Waals surface area contributed by atoms with E-state index in [9.17, 15) is 9.59 Å². The second-order valence-electron chi connectivity index (χ2n) is 8.95. The summed E-state index contributed by atoms with van der Waals surface area (Å²) < 4.78 is 0. The molecule has 1 aromatic rings. The Bertz CT molecular complexity index is 813. The molecular weight excluding hydrogens is 416 g/mol. The Hall–Kier alpha value is -1.90. The predicted molar refractivity (Wildman–Crippen MR) is 122 cm³/mol. The van der Waals surface area contributed by atoms with E-state index in [1.165, 1.54) is 0 Å². The summed E-state index contributed by atoms with van der Waals surface area (Å²) in [4.78, 5) is 33.0. The highest BCUT2D eigenvalue weighted by Crippen LogP contribution is 2.28. The van der Waals surface area contributed by atoms with Gasteiger partial charge in [0.15, 0.2) is 5.15 Å². The number of pyridine rings is 1. The Balaban J connectivity index is 1.27. The third kappa shape index (κ3) is 4.96. The molecule has 4 heterocycles. The third-order valence-corrected chi connectivity index (χ3v) is 7.27. The monoisotopic (exact) mass is 448 g/mol. The van der Waals surface area contributed by atoms with E-state index in [1.807, 2.05) is 6.07 Å². The molecule has 4 unspecified atom stereocenters. The molecule has 0 bridgehead atoms. The summed E-state index contributed by atoms with van der Waals surface area (Å²) >= 11 is 6.36. The number of nitrogens with one attached hydrogen (secondary N) is 3. The number of halogens is 1. The highest BCUT2D eigenvalue weighted by molar-refractivity contribution is 6.32. The minimum Gasteiger partial charge on any atom is -0.366 e. The van der Waals surface area contributed by atoms with Crippen molar-refractivity contribution in [3.63, 3.8) is 0 Å². The fourth-order valence-corrected chi connectivity index (χ4v) is 5.41. The second-order valence-corrected chi connectivity index (χ2v) is 9.30. The zero-order valence-corrected chi connectivity index (χ0v) is 19.1. The number of hydrogen-bond donors (Lipinski definition) is 3. The van der Waals surface area contributed by atoms with Crippen LogP contribution in [0.3, 0.4) is 0 Å². The van der Waals surface area contributed by atoms with E-state index in [4.69, 9.17) is 11.6 Å². The van der Waals surface area contributed by atoms with Gasteiger partial charge >= 0.3 is 0 Å². The molecule has 2 amide bonds. The molecule has 3 aliphatic rings. The van der Waals surface area contributed by atoms with Crippen molar-refractivity contribution >= 4 is 29.1 Å². The molecule has 1 aromatic heterocycles. The first-order valence-corrected chi connectivity index (χ1v) is 11.8. The molecule has 3 saturated heterocycles. The SMILES string of the molecule is CCC1CC2NCC(CN3CCN(c4ccc(C(=O)NC)nc4Cl)CC3)CC2NC1=O. The number of anilines is 1. The molecule has 0 aromatic carbocycles. The van der Waals surface area contributed by atoms with E-state index in [1.54, 1.807) is 13.1 Å². The minimum absolute atomic E-state index is 0.158. The van der Waals surface area contributed by atoms with E-state index in [2.05, 4.69) is 37.7 Å². The average molecular weight is 449 g/mol. The van der Waals surface area contributed by atoms with Crippen LogP contribution in [0.2, 0.25) is 5.15 Å². The van der Waals surface area contributed by atoms with Gasteiger partial charge in [0.1, 0.15) is 5.69 Å². The molecule has 8 nitrogen and oxygen atoms in total. The second kappa shape index (κ2) is 9.71. The summed E-state index contributed by atoms with van der Waals surface area (Å²) in [6, 6.07) is 4.29. The van der Waals surface area contributed by atoms with Crippen LogP contribution >= 0.6 is 11.6 Å². The van der Waals surface area contributed by atoms with Crippen molar-refractivity contribution in [1.29, 1.82) is 0 Å². The number of piperidine rings is 2. The number of piperazine rings is 1. The lowest BCUT2D eigenvalue weighted by molar-refractivity contribution is -0.129. The number of nitrogens with zero attached hydrogens (tertiary/aromatic N) is 3. The van der Waals surface area contributed by atoms with Gasteiger partial charge in [0, 0.05) is 57.8 Å². The van der Waals surface area contributed by atoms with Gasteiger partial charge in [-0.2, -0.15) is 0 Å². The smallest absolute Gasteiger partial charge is 0.269 e. The number of hydrogen-bond acceptors (Lipinski definition) is 6. The van der Waals surface area contributed by atoms with Crippen molar-refractivity contribution in [2.75, 3.05) is 51.2 Å². The van der Waals surface area contributed by atoms with E-state index in [0.717, 1.165) is 64.2 Å². The van der Waals surface area contributed by atoms with Crippen LogP contribution in [-0.2, 0) is 4.79 Å². The van der Waals surface area contributed by atoms with Crippen molar-refractivity contribution in [3.8, 4) is 0 Å². The van der Waals surface area contributed by atoms with Crippen LogP contribution in [-0.4, -0.2) is 80.1 Å². The lowest BCUT2D eigenvalue weighted by Gasteiger charge is -2.44.